The quantitative estimate of drug-likeness (QED) is 0.505. The number of terminal acetylenes is 1. The van der Waals surface area contributed by atoms with E-state index in [2.05, 4.69) is 69.7 Å². The second-order valence-electron chi connectivity index (χ2n) is 8.74. The first-order chi connectivity index (χ1) is 16.2. The second kappa shape index (κ2) is 9.68. The number of nitrogens with one attached hydrogen (secondary N) is 1. The molecule has 2 amide bonds. The SMILES string of the molecule is C#Cc1nc(NC(=O)N2CCN(c3ccc(-c4cccc(C5CCCC5)c4)cc3)CC2)cs1. The summed E-state index contributed by atoms with van der Waals surface area (Å²) < 4.78 is 0. The van der Waals surface area contributed by atoms with Gasteiger partial charge in [0.25, 0.3) is 0 Å². The molecule has 33 heavy (non-hydrogen) atoms. The summed E-state index contributed by atoms with van der Waals surface area (Å²) in [6.07, 6.45) is 10.7. The predicted octanol–water partition coefficient (Wildman–Crippen LogP) is 5.80. The Morgan fingerprint density at radius 3 is 2.48 bits per heavy atom. The van der Waals surface area contributed by atoms with Gasteiger partial charge in [0.2, 0.25) is 0 Å². The predicted molar refractivity (Wildman–Crippen MR) is 136 cm³/mol. The van der Waals surface area contributed by atoms with Crippen LogP contribution < -0.4 is 10.2 Å². The van der Waals surface area contributed by atoms with E-state index in [9.17, 15) is 4.79 Å². The number of benzene rings is 2. The Hall–Kier alpha value is -3.30. The minimum absolute atomic E-state index is 0.124. The van der Waals surface area contributed by atoms with Crippen molar-refractivity contribution >= 4 is 28.9 Å². The fourth-order valence-corrected chi connectivity index (χ4v) is 5.40. The van der Waals surface area contributed by atoms with E-state index in [1.165, 1.54) is 59.4 Å². The summed E-state index contributed by atoms with van der Waals surface area (Å²) in [6, 6.07) is 17.8. The number of carbonyl (C=O) groups excluding carboxylic acids is 1. The number of hydrogen-bond donors (Lipinski definition) is 1. The zero-order chi connectivity index (χ0) is 22.6. The fourth-order valence-electron chi connectivity index (χ4n) is 4.85. The molecule has 1 saturated heterocycles. The molecule has 2 fully saturated rings. The highest BCUT2D eigenvalue weighted by molar-refractivity contribution is 7.10. The van der Waals surface area contributed by atoms with E-state index in [4.69, 9.17) is 6.42 Å². The minimum Gasteiger partial charge on any atom is -0.368 e. The smallest absolute Gasteiger partial charge is 0.323 e. The van der Waals surface area contributed by atoms with E-state index in [1.807, 2.05) is 4.90 Å². The van der Waals surface area contributed by atoms with Crippen LogP contribution in [0, 0.1) is 12.3 Å². The maximum atomic E-state index is 12.5. The summed E-state index contributed by atoms with van der Waals surface area (Å²) in [5, 5.41) is 5.19. The first-order valence-corrected chi connectivity index (χ1v) is 12.5. The first kappa shape index (κ1) is 21.5. The Balaban J connectivity index is 1.18. The highest BCUT2D eigenvalue weighted by Gasteiger charge is 2.22. The number of urea groups is 1. The van der Waals surface area contributed by atoms with Crippen LogP contribution in [0.3, 0.4) is 0 Å². The first-order valence-electron chi connectivity index (χ1n) is 11.6. The van der Waals surface area contributed by atoms with Crippen molar-refractivity contribution in [1.82, 2.24) is 9.88 Å². The van der Waals surface area contributed by atoms with Gasteiger partial charge in [-0.05, 0) is 53.5 Å². The molecule has 6 heteroatoms. The largest absolute Gasteiger partial charge is 0.368 e. The molecule has 1 aromatic heterocycles. The summed E-state index contributed by atoms with van der Waals surface area (Å²) >= 11 is 1.35. The summed E-state index contributed by atoms with van der Waals surface area (Å²) in [5.41, 5.74) is 5.23. The van der Waals surface area contributed by atoms with Gasteiger partial charge in [-0.2, -0.15) is 0 Å². The van der Waals surface area contributed by atoms with Crippen LogP contribution in [0.25, 0.3) is 11.1 Å². The average molecular weight is 457 g/mol. The van der Waals surface area contributed by atoms with Gasteiger partial charge in [0.1, 0.15) is 5.82 Å². The standard InChI is InChI=1S/C27H28N4OS/c1-2-26-28-25(19-33-26)29-27(32)31-16-14-30(15-17-31)24-12-10-21(11-13-24)23-9-5-8-22(18-23)20-6-3-4-7-20/h1,5,8-13,18-20H,3-4,6-7,14-17H2,(H,29,32). The summed E-state index contributed by atoms with van der Waals surface area (Å²) in [4.78, 5) is 20.9. The number of nitrogens with zero attached hydrogens (tertiary/aromatic N) is 3. The van der Waals surface area contributed by atoms with E-state index in [0.717, 1.165) is 19.0 Å². The molecule has 0 atom stereocenters. The van der Waals surface area contributed by atoms with Gasteiger partial charge in [-0.15, -0.1) is 17.8 Å². The average Bonchev–Trinajstić information content (AvgIpc) is 3.57. The van der Waals surface area contributed by atoms with E-state index in [-0.39, 0.29) is 6.03 Å². The Labute approximate surface area is 199 Å². The number of aromatic nitrogens is 1. The molecule has 2 heterocycles. The number of thiazole rings is 1. The summed E-state index contributed by atoms with van der Waals surface area (Å²) in [6.45, 7) is 2.94. The van der Waals surface area contributed by atoms with Crippen LogP contribution in [0.5, 0.6) is 0 Å². The summed E-state index contributed by atoms with van der Waals surface area (Å²) in [5.74, 6) is 3.74. The molecular formula is C27H28N4OS. The molecule has 0 bridgehead atoms. The van der Waals surface area contributed by atoms with Crippen molar-refractivity contribution < 1.29 is 4.79 Å². The van der Waals surface area contributed by atoms with E-state index < -0.39 is 0 Å². The number of rotatable bonds is 4. The number of amides is 2. The van der Waals surface area contributed by atoms with Gasteiger partial charge in [-0.3, -0.25) is 5.32 Å². The number of anilines is 2. The molecule has 1 aliphatic heterocycles. The van der Waals surface area contributed by atoms with Crippen LogP contribution >= 0.6 is 11.3 Å². The van der Waals surface area contributed by atoms with Crippen molar-refractivity contribution in [3.05, 3.63) is 64.5 Å². The molecule has 2 aliphatic rings. The zero-order valence-electron chi connectivity index (χ0n) is 18.7. The monoisotopic (exact) mass is 456 g/mol. The van der Waals surface area contributed by atoms with E-state index in [0.29, 0.717) is 23.9 Å². The fraction of sp³-hybridized carbons (Fsp3) is 0.333. The highest BCUT2D eigenvalue weighted by Crippen LogP contribution is 2.36. The Morgan fingerprint density at radius 1 is 1.03 bits per heavy atom. The molecule has 1 saturated carbocycles. The third kappa shape index (κ3) is 4.89. The van der Waals surface area contributed by atoms with Gasteiger partial charge in [-0.1, -0.05) is 49.2 Å². The van der Waals surface area contributed by atoms with Gasteiger partial charge in [0, 0.05) is 37.2 Å². The van der Waals surface area contributed by atoms with Crippen molar-refractivity contribution in [1.29, 1.82) is 0 Å². The Kier molecular flexibility index (Phi) is 6.32. The minimum atomic E-state index is -0.124. The molecule has 5 rings (SSSR count). The van der Waals surface area contributed by atoms with Crippen molar-refractivity contribution in [2.75, 3.05) is 36.4 Å². The van der Waals surface area contributed by atoms with Crippen LogP contribution in [0.15, 0.2) is 53.9 Å². The normalized spacial score (nSPS) is 16.6. The molecule has 0 spiro atoms. The number of hydrogen-bond acceptors (Lipinski definition) is 4. The van der Waals surface area contributed by atoms with Crippen molar-refractivity contribution in [3.8, 4) is 23.5 Å². The third-order valence-corrected chi connectivity index (χ3v) is 7.48. The topological polar surface area (TPSA) is 48.5 Å². The number of carbonyl (C=O) groups is 1. The molecule has 5 nitrogen and oxygen atoms in total. The molecule has 1 N–H and O–H groups in total. The molecule has 0 radical (unpaired) electrons. The van der Waals surface area contributed by atoms with E-state index in [1.54, 1.807) is 5.38 Å². The molecule has 3 aromatic rings. The van der Waals surface area contributed by atoms with Crippen LogP contribution in [0.1, 0.15) is 42.2 Å². The van der Waals surface area contributed by atoms with Crippen LogP contribution in [-0.4, -0.2) is 42.1 Å². The second-order valence-corrected chi connectivity index (χ2v) is 9.60. The lowest BCUT2D eigenvalue weighted by Crippen LogP contribution is -2.50. The molecular weight excluding hydrogens is 428 g/mol. The van der Waals surface area contributed by atoms with Crippen LogP contribution in [0.2, 0.25) is 0 Å². The lowest BCUT2D eigenvalue weighted by Gasteiger charge is -2.36. The van der Waals surface area contributed by atoms with E-state index >= 15 is 0 Å². The Bertz CT molecular complexity index is 1150. The van der Waals surface area contributed by atoms with Crippen LogP contribution in [0.4, 0.5) is 16.3 Å². The van der Waals surface area contributed by atoms with Crippen molar-refractivity contribution in [2.24, 2.45) is 0 Å². The van der Waals surface area contributed by atoms with Gasteiger partial charge >= 0.3 is 6.03 Å². The molecule has 0 unspecified atom stereocenters. The maximum Gasteiger partial charge on any atom is 0.323 e. The summed E-state index contributed by atoms with van der Waals surface area (Å²) in [7, 11) is 0. The zero-order valence-corrected chi connectivity index (χ0v) is 19.5. The van der Waals surface area contributed by atoms with Gasteiger partial charge in [0.05, 0.1) is 0 Å². The lowest BCUT2D eigenvalue weighted by molar-refractivity contribution is 0.208. The van der Waals surface area contributed by atoms with Gasteiger partial charge in [0.15, 0.2) is 5.01 Å². The van der Waals surface area contributed by atoms with Gasteiger partial charge in [-0.25, -0.2) is 9.78 Å². The maximum absolute atomic E-state index is 12.5. The van der Waals surface area contributed by atoms with Crippen molar-refractivity contribution in [3.63, 3.8) is 0 Å². The van der Waals surface area contributed by atoms with Gasteiger partial charge < -0.3 is 9.80 Å². The third-order valence-electron chi connectivity index (χ3n) is 6.71. The number of piperazine rings is 1. The lowest BCUT2D eigenvalue weighted by atomic mass is 9.94. The molecule has 1 aliphatic carbocycles. The van der Waals surface area contributed by atoms with Crippen LogP contribution in [-0.2, 0) is 0 Å². The Morgan fingerprint density at radius 2 is 1.79 bits per heavy atom. The highest BCUT2D eigenvalue weighted by atomic mass is 32.1. The molecule has 2 aromatic carbocycles. The van der Waals surface area contributed by atoms with Crippen molar-refractivity contribution in [2.45, 2.75) is 31.6 Å². The molecule has 168 valence electrons.